The van der Waals surface area contributed by atoms with Crippen molar-refractivity contribution in [2.24, 2.45) is 5.92 Å². The molecule has 1 aromatic heterocycles. The second-order valence-corrected chi connectivity index (χ2v) is 4.75. The Morgan fingerprint density at radius 1 is 1.47 bits per heavy atom. The molecule has 0 bridgehead atoms. The average molecular weight is 225 g/mol. The Morgan fingerprint density at radius 2 is 2.20 bits per heavy atom. The van der Waals surface area contributed by atoms with Gasteiger partial charge in [0.05, 0.1) is 0 Å². The SMILES string of the molecule is CC(C1CCC1)N(C)c1cccc(Cl)n1. The van der Waals surface area contributed by atoms with Gasteiger partial charge in [-0.2, -0.15) is 0 Å². The van der Waals surface area contributed by atoms with Gasteiger partial charge in [-0.05, 0) is 37.8 Å². The van der Waals surface area contributed by atoms with Crippen molar-refractivity contribution in [3.8, 4) is 0 Å². The molecule has 15 heavy (non-hydrogen) atoms. The van der Waals surface area contributed by atoms with Crippen LogP contribution in [0.15, 0.2) is 18.2 Å². The van der Waals surface area contributed by atoms with Crippen LogP contribution < -0.4 is 4.90 Å². The van der Waals surface area contributed by atoms with E-state index in [2.05, 4.69) is 23.9 Å². The topological polar surface area (TPSA) is 16.1 Å². The minimum atomic E-state index is 0.560. The molecule has 1 atom stereocenters. The fourth-order valence-corrected chi connectivity index (χ4v) is 2.20. The van der Waals surface area contributed by atoms with Gasteiger partial charge < -0.3 is 4.90 Å². The molecule has 1 aliphatic rings. The molecule has 2 nitrogen and oxygen atoms in total. The molecule has 1 unspecified atom stereocenters. The van der Waals surface area contributed by atoms with E-state index in [1.165, 1.54) is 19.3 Å². The van der Waals surface area contributed by atoms with Gasteiger partial charge in [-0.1, -0.05) is 24.1 Å². The number of anilines is 1. The van der Waals surface area contributed by atoms with Crippen LogP contribution in [0.1, 0.15) is 26.2 Å². The van der Waals surface area contributed by atoms with Gasteiger partial charge in [0.2, 0.25) is 0 Å². The molecular weight excluding hydrogens is 208 g/mol. The lowest BCUT2D eigenvalue weighted by Crippen LogP contribution is -2.39. The van der Waals surface area contributed by atoms with E-state index in [0.29, 0.717) is 11.2 Å². The monoisotopic (exact) mass is 224 g/mol. The summed E-state index contributed by atoms with van der Waals surface area (Å²) in [5.41, 5.74) is 0. The normalized spacial score (nSPS) is 18.3. The molecule has 0 saturated heterocycles. The number of hydrogen-bond acceptors (Lipinski definition) is 2. The predicted octanol–water partition coefficient (Wildman–Crippen LogP) is 3.36. The van der Waals surface area contributed by atoms with E-state index in [1.54, 1.807) is 0 Å². The van der Waals surface area contributed by atoms with Crippen LogP contribution in [0.25, 0.3) is 0 Å². The highest BCUT2D eigenvalue weighted by Gasteiger charge is 2.27. The van der Waals surface area contributed by atoms with Crippen LogP contribution in [0.2, 0.25) is 5.15 Å². The molecule has 82 valence electrons. The first-order valence-electron chi connectivity index (χ1n) is 5.54. The number of nitrogens with zero attached hydrogens (tertiary/aromatic N) is 2. The maximum atomic E-state index is 5.88. The van der Waals surface area contributed by atoms with Crippen molar-refractivity contribution < 1.29 is 0 Å². The van der Waals surface area contributed by atoms with Crippen LogP contribution in [0.5, 0.6) is 0 Å². The van der Waals surface area contributed by atoms with Gasteiger partial charge in [-0.25, -0.2) is 4.98 Å². The summed E-state index contributed by atoms with van der Waals surface area (Å²) in [6.45, 7) is 2.27. The Labute approximate surface area is 96.3 Å². The molecule has 0 N–H and O–H groups in total. The zero-order valence-electron chi connectivity index (χ0n) is 9.28. The zero-order valence-corrected chi connectivity index (χ0v) is 10.0. The van der Waals surface area contributed by atoms with E-state index in [0.717, 1.165) is 11.7 Å². The Morgan fingerprint density at radius 3 is 2.73 bits per heavy atom. The van der Waals surface area contributed by atoms with Gasteiger partial charge in [-0.15, -0.1) is 0 Å². The molecule has 1 saturated carbocycles. The van der Waals surface area contributed by atoms with E-state index in [-0.39, 0.29) is 0 Å². The van der Waals surface area contributed by atoms with Crippen molar-refractivity contribution in [3.05, 3.63) is 23.4 Å². The first-order chi connectivity index (χ1) is 7.18. The molecule has 1 aliphatic carbocycles. The van der Waals surface area contributed by atoms with Crippen molar-refractivity contribution >= 4 is 17.4 Å². The number of halogens is 1. The van der Waals surface area contributed by atoms with Crippen molar-refractivity contribution in [1.82, 2.24) is 4.98 Å². The molecule has 0 aromatic carbocycles. The summed E-state index contributed by atoms with van der Waals surface area (Å²) in [5, 5.41) is 0.570. The third-order valence-corrected chi connectivity index (χ3v) is 3.72. The van der Waals surface area contributed by atoms with Crippen molar-refractivity contribution in [2.45, 2.75) is 32.2 Å². The summed E-state index contributed by atoms with van der Waals surface area (Å²) in [6, 6.07) is 6.34. The quantitative estimate of drug-likeness (QED) is 0.732. The van der Waals surface area contributed by atoms with E-state index in [4.69, 9.17) is 11.6 Å². The number of pyridine rings is 1. The zero-order chi connectivity index (χ0) is 10.8. The van der Waals surface area contributed by atoms with Crippen LogP contribution in [-0.2, 0) is 0 Å². The van der Waals surface area contributed by atoms with Crippen molar-refractivity contribution in [2.75, 3.05) is 11.9 Å². The highest BCUT2D eigenvalue weighted by atomic mass is 35.5. The van der Waals surface area contributed by atoms with Crippen LogP contribution in [0, 0.1) is 5.92 Å². The maximum Gasteiger partial charge on any atom is 0.131 e. The van der Waals surface area contributed by atoms with Gasteiger partial charge in [0.15, 0.2) is 0 Å². The Hall–Kier alpha value is -0.760. The minimum Gasteiger partial charge on any atom is -0.357 e. The fraction of sp³-hybridized carbons (Fsp3) is 0.583. The molecule has 0 aliphatic heterocycles. The Balaban J connectivity index is 2.08. The summed E-state index contributed by atoms with van der Waals surface area (Å²) in [6.07, 6.45) is 4.09. The molecule has 1 heterocycles. The summed E-state index contributed by atoms with van der Waals surface area (Å²) in [4.78, 5) is 6.56. The van der Waals surface area contributed by atoms with Crippen LogP contribution in [0.4, 0.5) is 5.82 Å². The third-order valence-electron chi connectivity index (χ3n) is 3.50. The summed E-state index contributed by atoms with van der Waals surface area (Å²) in [7, 11) is 2.10. The number of rotatable bonds is 3. The predicted molar refractivity (Wildman–Crippen MR) is 64.5 cm³/mol. The van der Waals surface area contributed by atoms with Gasteiger partial charge in [0.1, 0.15) is 11.0 Å². The average Bonchev–Trinajstić information content (AvgIpc) is 2.14. The van der Waals surface area contributed by atoms with Gasteiger partial charge in [0, 0.05) is 13.1 Å². The summed E-state index contributed by atoms with van der Waals surface area (Å²) >= 11 is 5.88. The highest BCUT2D eigenvalue weighted by molar-refractivity contribution is 6.29. The van der Waals surface area contributed by atoms with Crippen molar-refractivity contribution in [3.63, 3.8) is 0 Å². The van der Waals surface area contributed by atoms with E-state index in [1.807, 2.05) is 18.2 Å². The lowest BCUT2D eigenvalue weighted by atomic mass is 9.80. The highest BCUT2D eigenvalue weighted by Crippen LogP contribution is 2.32. The van der Waals surface area contributed by atoms with Crippen LogP contribution in [-0.4, -0.2) is 18.1 Å². The number of hydrogen-bond donors (Lipinski definition) is 0. The summed E-state index contributed by atoms with van der Waals surface area (Å²) in [5.74, 6) is 1.80. The summed E-state index contributed by atoms with van der Waals surface area (Å²) < 4.78 is 0. The molecule has 0 amide bonds. The Bertz CT molecular complexity index is 336. The first kappa shape index (κ1) is 10.7. The molecule has 2 rings (SSSR count). The van der Waals surface area contributed by atoms with Crippen molar-refractivity contribution in [1.29, 1.82) is 0 Å². The largest absolute Gasteiger partial charge is 0.357 e. The lowest BCUT2D eigenvalue weighted by Gasteiger charge is -2.37. The fourth-order valence-electron chi connectivity index (χ4n) is 2.04. The molecule has 1 aromatic rings. The van der Waals surface area contributed by atoms with Gasteiger partial charge >= 0.3 is 0 Å². The van der Waals surface area contributed by atoms with Gasteiger partial charge in [-0.3, -0.25) is 0 Å². The second-order valence-electron chi connectivity index (χ2n) is 4.36. The van der Waals surface area contributed by atoms with E-state index in [9.17, 15) is 0 Å². The smallest absolute Gasteiger partial charge is 0.131 e. The van der Waals surface area contributed by atoms with Crippen LogP contribution in [0.3, 0.4) is 0 Å². The van der Waals surface area contributed by atoms with Crippen LogP contribution >= 0.6 is 11.6 Å². The first-order valence-corrected chi connectivity index (χ1v) is 5.91. The standard InChI is InChI=1S/C12H17ClN2/c1-9(10-5-3-6-10)15(2)12-8-4-7-11(13)14-12/h4,7-10H,3,5-6H2,1-2H3. The maximum absolute atomic E-state index is 5.88. The Kier molecular flexibility index (Phi) is 3.15. The van der Waals surface area contributed by atoms with E-state index >= 15 is 0 Å². The molecule has 1 fully saturated rings. The minimum absolute atomic E-state index is 0.560. The number of aromatic nitrogens is 1. The molecular formula is C12H17ClN2. The molecule has 0 radical (unpaired) electrons. The lowest BCUT2D eigenvalue weighted by molar-refractivity contribution is 0.267. The van der Waals surface area contributed by atoms with E-state index < -0.39 is 0 Å². The van der Waals surface area contributed by atoms with Gasteiger partial charge in [0.25, 0.3) is 0 Å². The molecule has 0 spiro atoms. The third kappa shape index (κ3) is 2.25. The second kappa shape index (κ2) is 4.40. The molecule has 3 heteroatoms.